The summed E-state index contributed by atoms with van der Waals surface area (Å²) < 4.78 is 4.47. The fourth-order valence-corrected chi connectivity index (χ4v) is 2.06. The first-order valence-corrected chi connectivity index (χ1v) is 6.13. The van der Waals surface area contributed by atoms with Gasteiger partial charge < -0.3 is 4.42 Å². The zero-order valence-electron chi connectivity index (χ0n) is 10.4. The molecule has 0 aliphatic carbocycles. The molecule has 0 unspecified atom stereocenters. The van der Waals surface area contributed by atoms with E-state index in [0.29, 0.717) is 0 Å². The van der Waals surface area contributed by atoms with E-state index in [-0.39, 0.29) is 0 Å². The van der Waals surface area contributed by atoms with Crippen LogP contribution in [0.4, 0.5) is 0 Å². The molecule has 0 bridgehead atoms. The number of rotatable bonds is 0. The minimum atomic E-state index is 1.31. The third kappa shape index (κ3) is 2.63. The fourth-order valence-electron chi connectivity index (χ4n) is 2.06. The molecule has 0 aliphatic heterocycles. The molecule has 0 amide bonds. The Morgan fingerprint density at radius 2 is 1.16 bits per heavy atom. The number of aromatic nitrogens is 1. The van der Waals surface area contributed by atoms with Crippen molar-refractivity contribution >= 4 is 21.5 Å². The van der Waals surface area contributed by atoms with Gasteiger partial charge in [-0.15, -0.1) is 0 Å². The lowest BCUT2D eigenvalue weighted by molar-refractivity contribution is 0.558. The van der Waals surface area contributed by atoms with E-state index in [1.54, 1.807) is 6.20 Å². The van der Waals surface area contributed by atoms with E-state index in [1.165, 1.54) is 34.2 Å². The zero-order valence-corrected chi connectivity index (χ0v) is 10.4. The van der Waals surface area contributed by atoms with Gasteiger partial charge in [0.1, 0.15) is 6.26 Å². The third-order valence-electron chi connectivity index (χ3n) is 2.96. The molecule has 0 radical (unpaired) electrons. The second-order valence-corrected chi connectivity index (χ2v) is 4.22. The van der Waals surface area contributed by atoms with Crippen molar-refractivity contribution in [3.63, 3.8) is 0 Å². The summed E-state index contributed by atoms with van der Waals surface area (Å²) in [4.78, 5) is 3.56. The van der Waals surface area contributed by atoms with E-state index >= 15 is 0 Å². The lowest BCUT2D eigenvalue weighted by Gasteiger charge is -2.00. The maximum atomic E-state index is 4.47. The highest BCUT2D eigenvalue weighted by molar-refractivity contribution is 5.98. The topological polar surface area (TPSA) is 26.0 Å². The normalized spacial score (nSPS) is 10.1. The van der Waals surface area contributed by atoms with Gasteiger partial charge in [-0.1, -0.05) is 48.5 Å². The molecule has 0 saturated carbocycles. The van der Waals surface area contributed by atoms with E-state index in [2.05, 4.69) is 70.1 Å². The Hall–Kier alpha value is -2.61. The summed E-state index contributed by atoms with van der Waals surface area (Å²) in [7, 11) is 0. The van der Waals surface area contributed by atoms with Crippen molar-refractivity contribution in [2.45, 2.75) is 0 Å². The molecule has 92 valence electrons. The van der Waals surface area contributed by atoms with Gasteiger partial charge in [-0.25, -0.2) is 4.98 Å². The second kappa shape index (κ2) is 5.36. The molecule has 3 aromatic carbocycles. The van der Waals surface area contributed by atoms with Gasteiger partial charge in [0.05, 0.1) is 6.20 Å². The second-order valence-electron chi connectivity index (χ2n) is 4.22. The number of hydrogen-bond donors (Lipinski definition) is 0. The van der Waals surface area contributed by atoms with Gasteiger partial charge in [-0.2, -0.15) is 0 Å². The van der Waals surface area contributed by atoms with Gasteiger partial charge in [-0.3, -0.25) is 0 Å². The van der Waals surface area contributed by atoms with Crippen LogP contribution in [0.2, 0.25) is 0 Å². The maximum absolute atomic E-state index is 4.47. The largest absolute Gasteiger partial charge is 0.452 e. The van der Waals surface area contributed by atoms with Crippen LogP contribution in [0.25, 0.3) is 21.5 Å². The number of fused-ring (bicyclic) bond motifs is 2. The Kier molecular flexibility index (Phi) is 3.24. The van der Waals surface area contributed by atoms with Crippen LogP contribution in [0.5, 0.6) is 0 Å². The van der Waals surface area contributed by atoms with Gasteiger partial charge >= 0.3 is 0 Å². The van der Waals surface area contributed by atoms with Crippen LogP contribution in [0.3, 0.4) is 0 Å². The minimum absolute atomic E-state index is 1.31. The maximum Gasteiger partial charge on any atom is 0.180 e. The first-order valence-electron chi connectivity index (χ1n) is 6.13. The molecule has 1 heterocycles. The van der Waals surface area contributed by atoms with Crippen molar-refractivity contribution in [1.82, 2.24) is 4.98 Å². The van der Waals surface area contributed by atoms with E-state index in [0.717, 1.165) is 0 Å². The highest BCUT2D eigenvalue weighted by Crippen LogP contribution is 2.21. The van der Waals surface area contributed by atoms with Crippen LogP contribution in [-0.2, 0) is 0 Å². The summed E-state index contributed by atoms with van der Waals surface area (Å²) in [5.41, 5.74) is 0. The molecular formula is C17H13NO. The Labute approximate surface area is 111 Å². The molecule has 0 atom stereocenters. The van der Waals surface area contributed by atoms with Crippen molar-refractivity contribution in [3.05, 3.63) is 79.5 Å². The average Bonchev–Trinajstić information content (AvgIpc) is 3.04. The molecule has 2 nitrogen and oxygen atoms in total. The Morgan fingerprint density at radius 3 is 1.42 bits per heavy atom. The van der Waals surface area contributed by atoms with E-state index in [1.807, 2.05) is 0 Å². The van der Waals surface area contributed by atoms with Crippen LogP contribution in [0.1, 0.15) is 0 Å². The van der Waals surface area contributed by atoms with Gasteiger partial charge in [0.2, 0.25) is 0 Å². The van der Waals surface area contributed by atoms with Crippen LogP contribution in [-0.4, -0.2) is 4.98 Å². The molecule has 0 N–H and O–H groups in total. The predicted molar refractivity (Wildman–Crippen MR) is 78.0 cm³/mol. The smallest absolute Gasteiger partial charge is 0.180 e. The van der Waals surface area contributed by atoms with E-state index in [4.69, 9.17) is 0 Å². The molecule has 0 saturated heterocycles. The minimum Gasteiger partial charge on any atom is -0.452 e. The number of oxazole rings is 1. The molecular weight excluding hydrogens is 234 g/mol. The predicted octanol–water partition coefficient (Wildman–Crippen LogP) is 4.67. The SMILES string of the molecule is c1ccc2cc3ccccc3cc2c1.c1cocn1. The number of nitrogens with zero attached hydrogens (tertiary/aromatic N) is 1. The monoisotopic (exact) mass is 247 g/mol. The average molecular weight is 247 g/mol. The summed E-state index contributed by atoms with van der Waals surface area (Å²) in [6.45, 7) is 0. The summed E-state index contributed by atoms with van der Waals surface area (Å²) >= 11 is 0. The summed E-state index contributed by atoms with van der Waals surface area (Å²) in [6.07, 6.45) is 4.47. The highest BCUT2D eigenvalue weighted by Gasteiger charge is 1.95. The first-order chi connectivity index (χ1) is 9.43. The van der Waals surface area contributed by atoms with Gasteiger partial charge in [0, 0.05) is 0 Å². The van der Waals surface area contributed by atoms with Crippen LogP contribution in [0.15, 0.2) is 83.9 Å². The molecule has 0 fully saturated rings. The van der Waals surface area contributed by atoms with Crippen molar-refractivity contribution in [2.24, 2.45) is 0 Å². The Bertz CT molecular complexity index is 653. The van der Waals surface area contributed by atoms with Crippen molar-refractivity contribution < 1.29 is 4.42 Å². The quantitative estimate of drug-likeness (QED) is 0.422. The summed E-state index contributed by atoms with van der Waals surface area (Å²) in [5, 5.41) is 5.25. The van der Waals surface area contributed by atoms with Gasteiger partial charge in [-0.05, 0) is 33.7 Å². The van der Waals surface area contributed by atoms with Crippen LogP contribution in [0, 0.1) is 0 Å². The lowest BCUT2D eigenvalue weighted by atomic mass is 10.0. The molecule has 1 aromatic heterocycles. The third-order valence-corrected chi connectivity index (χ3v) is 2.96. The number of benzene rings is 3. The molecule has 2 heteroatoms. The summed E-state index contributed by atoms with van der Waals surface area (Å²) in [6, 6.07) is 21.4. The van der Waals surface area contributed by atoms with Crippen LogP contribution < -0.4 is 0 Å². The highest BCUT2D eigenvalue weighted by atomic mass is 16.3. The van der Waals surface area contributed by atoms with Crippen molar-refractivity contribution in [1.29, 1.82) is 0 Å². The molecule has 19 heavy (non-hydrogen) atoms. The molecule has 0 aliphatic rings. The summed E-state index contributed by atoms with van der Waals surface area (Å²) in [5.74, 6) is 0. The Balaban J connectivity index is 0.000000187. The van der Waals surface area contributed by atoms with E-state index < -0.39 is 0 Å². The Morgan fingerprint density at radius 1 is 0.684 bits per heavy atom. The number of hydrogen-bond acceptors (Lipinski definition) is 2. The van der Waals surface area contributed by atoms with Gasteiger partial charge in [0.25, 0.3) is 0 Å². The van der Waals surface area contributed by atoms with E-state index in [9.17, 15) is 0 Å². The first kappa shape index (κ1) is 11.5. The van der Waals surface area contributed by atoms with Crippen molar-refractivity contribution in [3.8, 4) is 0 Å². The zero-order chi connectivity index (χ0) is 12.9. The molecule has 4 rings (SSSR count). The molecule has 0 spiro atoms. The molecule has 4 aromatic rings. The van der Waals surface area contributed by atoms with Crippen molar-refractivity contribution in [2.75, 3.05) is 0 Å². The fraction of sp³-hybridized carbons (Fsp3) is 0. The standard InChI is InChI=1S/C14H10.C3H3NO/c1-2-6-12-10-14-8-4-3-7-13(14)9-11(12)5-1;1-2-5-3-4-1/h1-10H;1-3H. The van der Waals surface area contributed by atoms with Gasteiger partial charge in [0.15, 0.2) is 6.39 Å². The van der Waals surface area contributed by atoms with Crippen LogP contribution >= 0.6 is 0 Å². The lowest BCUT2D eigenvalue weighted by Crippen LogP contribution is -1.74.